The number of anilines is 2. The van der Waals surface area contributed by atoms with Crippen LogP contribution in [0.1, 0.15) is 10.5 Å². The number of halogens is 4. The molecule has 21 heavy (non-hydrogen) atoms. The summed E-state index contributed by atoms with van der Waals surface area (Å²) in [5.74, 6) is -1.42. The molecule has 1 aromatic heterocycles. The average Bonchev–Trinajstić information content (AvgIpc) is 2.79. The highest BCUT2D eigenvalue weighted by Crippen LogP contribution is 2.22. The second-order valence-electron chi connectivity index (χ2n) is 4.32. The Hall–Kier alpha value is -2.51. The van der Waals surface area contributed by atoms with Crippen LogP contribution in [0.15, 0.2) is 36.5 Å². The third-order valence-electron chi connectivity index (χ3n) is 2.68. The van der Waals surface area contributed by atoms with Crippen LogP contribution in [-0.4, -0.2) is 16.7 Å². The Kier molecular flexibility index (Phi) is 3.88. The summed E-state index contributed by atoms with van der Waals surface area (Å²) in [7, 11) is 0. The smallest absolute Gasteiger partial charge is 0.397 e. The molecule has 0 bridgehead atoms. The minimum atomic E-state index is -4.45. The molecule has 0 aliphatic rings. The molecule has 0 fully saturated rings. The van der Waals surface area contributed by atoms with E-state index in [2.05, 4.69) is 5.32 Å². The first kappa shape index (κ1) is 14.9. The molecule has 0 saturated heterocycles. The Labute approximate surface area is 117 Å². The summed E-state index contributed by atoms with van der Waals surface area (Å²) in [6.07, 6.45) is -3.32. The van der Waals surface area contributed by atoms with Crippen molar-refractivity contribution in [3.63, 3.8) is 0 Å². The molecular formula is C13H11F4N3O. The van der Waals surface area contributed by atoms with Gasteiger partial charge in [-0.05, 0) is 30.3 Å². The number of hydrogen-bond donors (Lipinski definition) is 2. The van der Waals surface area contributed by atoms with E-state index in [-0.39, 0.29) is 17.1 Å². The van der Waals surface area contributed by atoms with E-state index in [1.165, 1.54) is 18.2 Å². The van der Waals surface area contributed by atoms with E-state index in [9.17, 15) is 22.4 Å². The Morgan fingerprint density at radius 1 is 1.29 bits per heavy atom. The number of hydrogen-bond acceptors (Lipinski definition) is 2. The summed E-state index contributed by atoms with van der Waals surface area (Å²) in [5, 5.41) is 2.29. The molecule has 1 aromatic carbocycles. The van der Waals surface area contributed by atoms with Crippen LogP contribution in [0.4, 0.5) is 28.9 Å². The van der Waals surface area contributed by atoms with E-state index >= 15 is 0 Å². The van der Waals surface area contributed by atoms with Crippen LogP contribution in [0.3, 0.4) is 0 Å². The first-order valence-electron chi connectivity index (χ1n) is 5.84. The van der Waals surface area contributed by atoms with Gasteiger partial charge < -0.3 is 15.6 Å². The number of nitrogen functional groups attached to an aromatic ring is 1. The first-order valence-corrected chi connectivity index (χ1v) is 5.84. The van der Waals surface area contributed by atoms with Crippen LogP contribution < -0.4 is 11.1 Å². The van der Waals surface area contributed by atoms with Crippen molar-refractivity contribution in [2.75, 3.05) is 11.1 Å². The number of rotatable bonds is 3. The normalized spacial score (nSPS) is 11.4. The summed E-state index contributed by atoms with van der Waals surface area (Å²) >= 11 is 0. The van der Waals surface area contributed by atoms with Crippen molar-refractivity contribution in [1.82, 2.24) is 4.57 Å². The van der Waals surface area contributed by atoms with E-state index in [4.69, 9.17) is 5.73 Å². The molecular weight excluding hydrogens is 290 g/mol. The third-order valence-corrected chi connectivity index (χ3v) is 2.68. The van der Waals surface area contributed by atoms with Gasteiger partial charge in [0.05, 0.1) is 11.4 Å². The molecule has 2 aromatic rings. The molecule has 3 N–H and O–H groups in total. The van der Waals surface area contributed by atoms with Crippen LogP contribution in [0.2, 0.25) is 0 Å². The highest BCUT2D eigenvalue weighted by molar-refractivity contribution is 6.04. The van der Waals surface area contributed by atoms with Gasteiger partial charge in [0.1, 0.15) is 18.1 Å². The Morgan fingerprint density at radius 3 is 2.67 bits per heavy atom. The summed E-state index contributed by atoms with van der Waals surface area (Å²) in [5.41, 5.74) is 5.47. The van der Waals surface area contributed by atoms with Gasteiger partial charge in [-0.25, -0.2) is 4.39 Å². The first-order chi connectivity index (χ1) is 9.76. The highest BCUT2D eigenvalue weighted by Gasteiger charge is 2.29. The fourth-order valence-electron chi connectivity index (χ4n) is 1.77. The van der Waals surface area contributed by atoms with Gasteiger partial charge >= 0.3 is 6.18 Å². The second kappa shape index (κ2) is 5.47. The van der Waals surface area contributed by atoms with Crippen LogP contribution >= 0.6 is 0 Å². The standard InChI is InChI=1S/C13H11F4N3O/c14-8-3-4-9(18)10(6-8)19-12(21)11-2-1-5-20(11)7-13(15,16)17/h1-6H,7,18H2,(H,19,21). The SMILES string of the molecule is Nc1ccc(F)cc1NC(=O)c1cccn1CC(F)(F)F. The number of aromatic nitrogens is 1. The van der Waals surface area contributed by atoms with E-state index in [1.807, 2.05) is 0 Å². The maximum atomic E-state index is 13.1. The summed E-state index contributed by atoms with van der Waals surface area (Å²) in [4.78, 5) is 12.0. The molecule has 4 nitrogen and oxygen atoms in total. The molecule has 0 saturated carbocycles. The lowest BCUT2D eigenvalue weighted by atomic mass is 10.2. The number of amides is 1. The lowest BCUT2D eigenvalue weighted by Crippen LogP contribution is -2.23. The Morgan fingerprint density at radius 2 is 2.00 bits per heavy atom. The minimum Gasteiger partial charge on any atom is -0.397 e. The van der Waals surface area contributed by atoms with E-state index < -0.39 is 24.4 Å². The minimum absolute atomic E-state index is 0.000223. The number of nitrogens with two attached hydrogens (primary N) is 1. The zero-order chi connectivity index (χ0) is 15.6. The Bertz CT molecular complexity index is 664. The molecule has 0 radical (unpaired) electrons. The van der Waals surface area contributed by atoms with Crippen molar-refractivity contribution in [3.05, 3.63) is 48.0 Å². The molecule has 0 spiro atoms. The summed E-state index contributed by atoms with van der Waals surface area (Å²) < 4.78 is 51.0. The van der Waals surface area contributed by atoms with E-state index in [0.29, 0.717) is 0 Å². The molecule has 0 aliphatic carbocycles. The van der Waals surface area contributed by atoms with Crippen molar-refractivity contribution >= 4 is 17.3 Å². The number of carbonyl (C=O) groups excluding carboxylic acids is 1. The number of nitrogens with one attached hydrogen (secondary N) is 1. The molecule has 1 amide bonds. The predicted octanol–water partition coefficient (Wildman–Crippen LogP) is 3.02. The van der Waals surface area contributed by atoms with Crippen molar-refractivity contribution in [3.8, 4) is 0 Å². The molecule has 0 aliphatic heterocycles. The zero-order valence-electron chi connectivity index (χ0n) is 10.6. The Balaban J connectivity index is 2.21. The quantitative estimate of drug-likeness (QED) is 0.676. The maximum absolute atomic E-state index is 13.1. The topological polar surface area (TPSA) is 60.0 Å². The molecule has 8 heteroatoms. The van der Waals surface area contributed by atoms with E-state index in [0.717, 1.165) is 22.9 Å². The van der Waals surface area contributed by atoms with Crippen molar-refractivity contribution in [2.24, 2.45) is 0 Å². The summed E-state index contributed by atoms with van der Waals surface area (Å²) in [6.45, 7) is -1.29. The largest absolute Gasteiger partial charge is 0.406 e. The predicted molar refractivity (Wildman–Crippen MR) is 69.3 cm³/mol. The molecule has 2 rings (SSSR count). The number of alkyl halides is 3. The lowest BCUT2D eigenvalue weighted by molar-refractivity contribution is -0.140. The van der Waals surface area contributed by atoms with E-state index in [1.54, 1.807) is 0 Å². The van der Waals surface area contributed by atoms with Gasteiger partial charge in [0.15, 0.2) is 0 Å². The van der Waals surface area contributed by atoms with Crippen LogP contribution in [0.25, 0.3) is 0 Å². The van der Waals surface area contributed by atoms with Gasteiger partial charge in [-0.2, -0.15) is 13.2 Å². The maximum Gasteiger partial charge on any atom is 0.406 e. The highest BCUT2D eigenvalue weighted by atomic mass is 19.4. The molecule has 0 atom stereocenters. The van der Waals surface area contributed by atoms with Gasteiger partial charge in [0, 0.05) is 6.20 Å². The zero-order valence-corrected chi connectivity index (χ0v) is 10.6. The molecule has 1 heterocycles. The number of nitrogens with zero attached hydrogens (tertiary/aromatic N) is 1. The fraction of sp³-hybridized carbons (Fsp3) is 0.154. The van der Waals surface area contributed by atoms with Gasteiger partial charge in [-0.15, -0.1) is 0 Å². The van der Waals surface area contributed by atoms with Crippen LogP contribution in [0, 0.1) is 5.82 Å². The monoisotopic (exact) mass is 301 g/mol. The number of carbonyl (C=O) groups is 1. The van der Waals surface area contributed by atoms with Gasteiger partial charge in [0.25, 0.3) is 5.91 Å². The lowest BCUT2D eigenvalue weighted by Gasteiger charge is -2.12. The van der Waals surface area contributed by atoms with Gasteiger partial charge in [0.2, 0.25) is 0 Å². The van der Waals surface area contributed by atoms with Crippen molar-refractivity contribution in [1.29, 1.82) is 0 Å². The third kappa shape index (κ3) is 3.74. The van der Waals surface area contributed by atoms with Crippen molar-refractivity contribution in [2.45, 2.75) is 12.7 Å². The van der Waals surface area contributed by atoms with Crippen LogP contribution in [-0.2, 0) is 6.54 Å². The second-order valence-corrected chi connectivity index (χ2v) is 4.32. The van der Waals surface area contributed by atoms with Gasteiger partial charge in [-0.1, -0.05) is 0 Å². The number of benzene rings is 1. The molecule has 112 valence electrons. The fourth-order valence-corrected chi connectivity index (χ4v) is 1.77. The molecule has 0 unspecified atom stereocenters. The summed E-state index contributed by atoms with van der Waals surface area (Å²) in [6, 6.07) is 5.90. The van der Waals surface area contributed by atoms with Crippen molar-refractivity contribution < 1.29 is 22.4 Å². The van der Waals surface area contributed by atoms with Gasteiger partial charge in [-0.3, -0.25) is 4.79 Å². The van der Waals surface area contributed by atoms with Crippen LogP contribution in [0.5, 0.6) is 0 Å². The average molecular weight is 301 g/mol.